The average molecular weight is 379 g/mol. The number of hydrogen-bond acceptors (Lipinski definition) is 3. The highest BCUT2D eigenvalue weighted by molar-refractivity contribution is 9.10. The van der Waals surface area contributed by atoms with Crippen molar-refractivity contribution in [2.24, 2.45) is 0 Å². The first kappa shape index (κ1) is 15.8. The predicted octanol–water partition coefficient (Wildman–Crippen LogP) is 3.10. The Labute approximate surface area is 142 Å². The number of fused-ring (bicyclic) bond motifs is 1. The summed E-state index contributed by atoms with van der Waals surface area (Å²) in [4.78, 5) is 13.9. The van der Waals surface area contributed by atoms with E-state index >= 15 is 0 Å². The van der Waals surface area contributed by atoms with E-state index in [1.807, 2.05) is 29.2 Å². The van der Waals surface area contributed by atoms with E-state index in [4.69, 9.17) is 4.74 Å². The monoisotopic (exact) mass is 378 g/mol. The largest absolute Gasteiger partial charge is 0.477 e. The van der Waals surface area contributed by atoms with Crippen LogP contribution in [0.3, 0.4) is 0 Å². The third-order valence-electron chi connectivity index (χ3n) is 3.78. The van der Waals surface area contributed by atoms with E-state index in [9.17, 15) is 9.18 Å². The Kier molecular flexibility index (Phi) is 4.52. The first-order chi connectivity index (χ1) is 11.1. The molecule has 2 aromatic carbocycles. The minimum absolute atomic E-state index is 0.194. The van der Waals surface area contributed by atoms with Crippen LogP contribution in [0, 0.1) is 5.82 Å². The van der Waals surface area contributed by atoms with Gasteiger partial charge in [-0.25, -0.2) is 4.39 Å². The maximum Gasteiger partial charge on any atom is 0.262 e. The number of nitrogens with zero attached hydrogens (tertiary/aromatic N) is 1. The Morgan fingerprint density at radius 1 is 1.39 bits per heavy atom. The number of nitrogens with one attached hydrogen (secondary N) is 1. The lowest BCUT2D eigenvalue weighted by Gasteiger charge is -2.35. The van der Waals surface area contributed by atoms with Crippen LogP contribution >= 0.6 is 15.9 Å². The number of carbonyl (C=O) groups is 1. The second-order valence-electron chi connectivity index (χ2n) is 5.30. The van der Waals surface area contributed by atoms with E-state index in [1.54, 1.807) is 19.2 Å². The second kappa shape index (κ2) is 6.58. The minimum atomic E-state index is -0.617. The van der Waals surface area contributed by atoms with Crippen molar-refractivity contribution in [2.45, 2.75) is 12.6 Å². The fourth-order valence-corrected chi connectivity index (χ4v) is 2.94. The lowest BCUT2D eigenvalue weighted by Crippen LogP contribution is -2.48. The number of ether oxygens (including phenoxy) is 1. The van der Waals surface area contributed by atoms with Crippen LogP contribution in [0.4, 0.5) is 10.1 Å². The Balaban J connectivity index is 1.91. The molecular formula is C17H16BrFN2O2. The number of likely N-dealkylation sites (N-methyl/N-ethyl adjacent to an activating group) is 1. The molecule has 1 aliphatic rings. The van der Waals surface area contributed by atoms with Gasteiger partial charge in [0.05, 0.1) is 12.2 Å². The van der Waals surface area contributed by atoms with Gasteiger partial charge in [0.2, 0.25) is 0 Å². The van der Waals surface area contributed by atoms with E-state index in [0.29, 0.717) is 28.9 Å². The minimum Gasteiger partial charge on any atom is -0.477 e. The highest BCUT2D eigenvalue weighted by Crippen LogP contribution is 2.34. The summed E-state index contributed by atoms with van der Waals surface area (Å²) in [5.74, 6) is 0.158. The molecule has 0 aromatic heterocycles. The Morgan fingerprint density at radius 3 is 2.91 bits per heavy atom. The summed E-state index contributed by atoms with van der Waals surface area (Å²) in [6, 6.07) is 12.5. The molecule has 6 heteroatoms. The van der Waals surface area contributed by atoms with E-state index in [0.717, 1.165) is 5.69 Å². The Bertz CT molecular complexity index is 738. The van der Waals surface area contributed by atoms with Gasteiger partial charge in [0.1, 0.15) is 11.6 Å². The molecule has 1 N–H and O–H groups in total. The average Bonchev–Trinajstić information content (AvgIpc) is 2.56. The molecule has 0 bridgehead atoms. The number of benzene rings is 2. The molecule has 0 saturated carbocycles. The quantitative estimate of drug-likeness (QED) is 0.891. The SMILES string of the molecule is CNC(=O)[C@H]1CN(Cc2ccc(Br)cc2F)c2ccccc2O1. The molecule has 0 unspecified atom stereocenters. The van der Waals surface area contributed by atoms with Crippen molar-refractivity contribution in [3.05, 3.63) is 58.3 Å². The lowest BCUT2D eigenvalue weighted by molar-refractivity contribution is -0.127. The zero-order valence-corrected chi connectivity index (χ0v) is 14.1. The van der Waals surface area contributed by atoms with Gasteiger partial charge in [-0.05, 0) is 24.3 Å². The van der Waals surface area contributed by atoms with Crippen LogP contribution in [0.2, 0.25) is 0 Å². The molecule has 0 fully saturated rings. The van der Waals surface area contributed by atoms with Gasteiger partial charge in [0.25, 0.3) is 5.91 Å². The van der Waals surface area contributed by atoms with Crippen LogP contribution < -0.4 is 15.0 Å². The standard InChI is InChI=1S/C17H16BrFN2O2/c1-20-17(22)16-10-21(14-4-2-3-5-15(14)23-16)9-11-6-7-12(18)8-13(11)19/h2-8,16H,9-10H2,1H3,(H,20,22)/t16-/m1/s1. The third kappa shape index (κ3) is 3.32. The number of carbonyl (C=O) groups excluding carboxylic acids is 1. The summed E-state index contributed by atoms with van der Waals surface area (Å²) in [6.45, 7) is 0.735. The van der Waals surface area contributed by atoms with E-state index in [-0.39, 0.29) is 11.7 Å². The number of para-hydroxylation sites is 2. The molecule has 4 nitrogen and oxygen atoms in total. The summed E-state index contributed by atoms with van der Waals surface area (Å²) in [5.41, 5.74) is 1.43. The fourth-order valence-electron chi connectivity index (χ4n) is 2.61. The molecule has 1 aliphatic heterocycles. The normalized spacial score (nSPS) is 16.5. The first-order valence-electron chi connectivity index (χ1n) is 7.24. The molecular weight excluding hydrogens is 363 g/mol. The molecule has 1 heterocycles. The fraction of sp³-hybridized carbons (Fsp3) is 0.235. The van der Waals surface area contributed by atoms with Crippen molar-refractivity contribution < 1.29 is 13.9 Å². The smallest absolute Gasteiger partial charge is 0.262 e. The molecule has 0 radical (unpaired) electrons. The van der Waals surface area contributed by atoms with Gasteiger partial charge in [-0.1, -0.05) is 34.1 Å². The van der Waals surface area contributed by atoms with Crippen molar-refractivity contribution in [2.75, 3.05) is 18.5 Å². The maximum atomic E-state index is 14.1. The molecule has 3 rings (SSSR count). The molecule has 2 aromatic rings. The lowest BCUT2D eigenvalue weighted by atomic mass is 10.1. The predicted molar refractivity (Wildman–Crippen MR) is 90.1 cm³/mol. The van der Waals surface area contributed by atoms with Crippen molar-refractivity contribution in [3.8, 4) is 5.75 Å². The molecule has 120 valence electrons. The maximum absolute atomic E-state index is 14.1. The highest BCUT2D eigenvalue weighted by Gasteiger charge is 2.30. The summed E-state index contributed by atoms with van der Waals surface area (Å²) >= 11 is 3.26. The van der Waals surface area contributed by atoms with Gasteiger partial charge >= 0.3 is 0 Å². The molecule has 0 aliphatic carbocycles. The summed E-state index contributed by atoms with van der Waals surface area (Å²) in [6.07, 6.45) is -0.617. The highest BCUT2D eigenvalue weighted by atomic mass is 79.9. The number of rotatable bonds is 3. The molecule has 1 amide bonds. The number of anilines is 1. The summed E-state index contributed by atoms with van der Waals surface area (Å²) in [7, 11) is 1.57. The second-order valence-corrected chi connectivity index (χ2v) is 6.22. The van der Waals surface area contributed by atoms with Crippen molar-refractivity contribution >= 4 is 27.5 Å². The zero-order chi connectivity index (χ0) is 16.4. The van der Waals surface area contributed by atoms with Crippen LogP contribution in [0.25, 0.3) is 0 Å². The van der Waals surface area contributed by atoms with Gasteiger partial charge < -0.3 is 15.0 Å². The topological polar surface area (TPSA) is 41.6 Å². The van der Waals surface area contributed by atoms with Crippen LogP contribution in [0.15, 0.2) is 46.9 Å². The molecule has 0 saturated heterocycles. The van der Waals surface area contributed by atoms with E-state index < -0.39 is 6.10 Å². The third-order valence-corrected chi connectivity index (χ3v) is 4.27. The number of amides is 1. The first-order valence-corrected chi connectivity index (χ1v) is 8.04. The molecule has 0 spiro atoms. The Hall–Kier alpha value is -2.08. The molecule has 23 heavy (non-hydrogen) atoms. The Morgan fingerprint density at radius 2 is 2.17 bits per heavy atom. The molecule has 1 atom stereocenters. The van der Waals surface area contributed by atoms with Crippen LogP contribution in [-0.4, -0.2) is 25.6 Å². The number of halogens is 2. The van der Waals surface area contributed by atoms with Crippen molar-refractivity contribution in [3.63, 3.8) is 0 Å². The van der Waals surface area contributed by atoms with Crippen LogP contribution in [0.1, 0.15) is 5.56 Å². The van der Waals surface area contributed by atoms with Gasteiger partial charge in [0, 0.05) is 23.6 Å². The van der Waals surface area contributed by atoms with Crippen molar-refractivity contribution in [1.29, 1.82) is 0 Å². The number of hydrogen-bond donors (Lipinski definition) is 1. The van der Waals surface area contributed by atoms with Crippen molar-refractivity contribution in [1.82, 2.24) is 5.32 Å². The van der Waals surface area contributed by atoms with Gasteiger partial charge in [-0.2, -0.15) is 0 Å². The van der Waals surface area contributed by atoms with Gasteiger partial charge in [-0.15, -0.1) is 0 Å². The zero-order valence-electron chi connectivity index (χ0n) is 12.6. The van der Waals surface area contributed by atoms with Crippen LogP contribution in [0.5, 0.6) is 5.75 Å². The van der Waals surface area contributed by atoms with E-state index in [2.05, 4.69) is 21.2 Å². The van der Waals surface area contributed by atoms with Crippen LogP contribution in [-0.2, 0) is 11.3 Å². The van der Waals surface area contributed by atoms with Gasteiger partial charge in [-0.3, -0.25) is 4.79 Å². The summed E-state index contributed by atoms with van der Waals surface area (Å²) < 4.78 is 20.6. The van der Waals surface area contributed by atoms with Gasteiger partial charge in [0.15, 0.2) is 6.10 Å². The summed E-state index contributed by atoms with van der Waals surface area (Å²) in [5, 5.41) is 2.60. The van der Waals surface area contributed by atoms with E-state index in [1.165, 1.54) is 6.07 Å².